The number of allylic oxidation sites excluding steroid dienone is 1. The molecule has 1 aliphatic carbocycles. The van der Waals surface area contributed by atoms with Gasteiger partial charge in [0.25, 0.3) is 0 Å². The highest BCUT2D eigenvalue weighted by Gasteiger charge is 2.34. The minimum Gasteiger partial charge on any atom is -0.389 e. The van der Waals surface area contributed by atoms with E-state index in [1.54, 1.807) is 19.1 Å². The first-order valence-electron chi connectivity index (χ1n) is 7.07. The summed E-state index contributed by atoms with van der Waals surface area (Å²) in [6.07, 6.45) is 12.4. The lowest BCUT2D eigenvalue weighted by Gasteiger charge is -1.97. The van der Waals surface area contributed by atoms with Crippen LogP contribution in [0.2, 0.25) is 0 Å². The van der Waals surface area contributed by atoms with E-state index in [1.165, 1.54) is 38.5 Å². The van der Waals surface area contributed by atoms with Gasteiger partial charge in [0, 0.05) is 6.42 Å². The van der Waals surface area contributed by atoms with Crippen molar-refractivity contribution in [3.8, 4) is 11.8 Å². The molecule has 0 unspecified atom stereocenters. The normalized spacial score (nSPS) is 24.4. The zero-order chi connectivity index (χ0) is 12.5. The molecule has 0 saturated heterocycles. The number of unbranched alkanes of at least 4 members (excludes halogenated alkanes) is 2. The number of rotatable bonds is 7. The van der Waals surface area contributed by atoms with E-state index >= 15 is 0 Å². The van der Waals surface area contributed by atoms with E-state index in [1.807, 2.05) is 0 Å². The van der Waals surface area contributed by atoms with Gasteiger partial charge in [-0.15, -0.1) is 0 Å². The highest BCUT2D eigenvalue weighted by atomic mass is 16.3. The highest BCUT2D eigenvalue weighted by molar-refractivity contribution is 5.16. The van der Waals surface area contributed by atoms with Crippen LogP contribution in [0.5, 0.6) is 0 Å². The molecule has 0 heterocycles. The lowest BCUT2D eigenvalue weighted by molar-refractivity contribution is 0.244. The van der Waals surface area contributed by atoms with Crippen LogP contribution in [0.1, 0.15) is 58.8 Å². The van der Waals surface area contributed by atoms with Crippen LogP contribution in [0.3, 0.4) is 0 Å². The molecular weight excluding hydrogens is 208 g/mol. The third-order valence-electron chi connectivity index (χ3n) is 3.45. The van der Waals surface area contributed by atoms with Gasteiger partial charge in [0.2, 0.25) is 0 Å². The van der Waals surface area contributed by atoms with Crippen molar-refractivity contribution in [2.45, 2.75) is 64.9 Å². The second-order valence-corrected chi connectivity index (χ2v) is 5.21. The Labute approximate surface area is 106 Å². The van der Waals surface area contributed by atoms with Crippen molar-refractivity contribution < 1.29 is 5.11 Å². The zero-order valence-corrected chi connectivity index (χ0v) is 11.3. The molecule has 0 bridgehead atoms. The smallest absolute Gasteiger partial charge is 0.0701 e. The molecule has 1 N–H and O–H groups in total. The fourth-order valence-corrected chi connectivity index (χ4v) is 2.25. The summed E-state index contributed by atoms with van der Waals surface area (Å²) in [5.74, 6) is 8.10. The molecule has 1 heteroatoms. The average Bonchev–Trinajstić information content (AvgIpc) is 3.02. The number of hydrogen-bond donors (Lipinski definition) is 1. The first-order valence-corrected chi connectivity index (χ1v) is 7.07. The number of aliphatic hydroxyl groups is 1. The number of hydrogen-bond acceptors (Lipinski definition) is 1. The SMILES string of the molecule is CCCCC[C@@H]1C[C@H]1CCC#C/C=C/[C@@H](C)O. The fraction of sp³-hybridized carbons (Fsp3) is 0.750. The molecule has 1 saturated carbocycles. The molecule has 17 heavy (non-hydrogen) atoms. The standard InChI is InChI=1S/C16H26O/c1-3-4-7-11-15-13-16(15)12-9-6-5-8-10-14(2)17/h8,10,14-17H,3-4,7,9,11-13H2,1-2H3/b10-8+/t14-,15-,16-/m1/s1. The second kappa shape index (κ2) is 8.37. The Morgan fingerprint density at radius 1 is 1.29 bits per heavy atom. The maximum absolute atomic E-state index is 8.99. The third-order valence-corrected chi connectivity index (χ3v) is 3.45. The van der Waals surface area contributed by atoms with Gasteiger partial charge in [-0.2, -0.15) is 0 Å². The van der Waals surface area contributed by atoms with Crippen LogP contribution >= 0.6 is 0 Å². The summed E-state index contributed by atoms with van der Waals surface area (Å²) >= 11 is 0. The van der Waals surface area contributed by atoms with Crippen LogP contribution in [-0.2, 0) is 0 Å². The summed E-state index contributed by atoms with van der Waals surface area (Å²) in [6, 6.07) is 0. The Kier molecular flexibility index (Phi) is 7.05. The van der Waals surface area contributed by atoms with Crippen LogP contribution < -0.4 is 0 Å². The molecule has 0 aliphatic heterocycles. The van der Waals surface area contributed by atoms with Crippen molar-refractivity contribution in [3.63, 3.8) is 0 Å². The van der Waals surface area contributed by atoms with Crippen molar-refractivity contribution in [1.29, 1.82) is 0 Å². The fourth-order valence-electron chi connectivity index (χ4n) is 2.25. The predicted octanol–water partition coefficient (Wildman–Crippen LogP) is 3.92. The maximum atomic E-state index is 8.99. The summed E-state index contributed by atoms with van der Waals surface area (Å²) in [6.45, 7) is 4.00. The first-order chi connectivity index (χ1) is 8.24. The van der Waals surface area contributed by atoms with E-state index in [-0.39, 0.29) is 6.10 Å². The van der Waals surface area contributed by atoms with E-state index in [9.17, 15) is 0 Å². The number of aliphatic hydroxyl groups excluding tert-OH is 1. The van der Waals surface area contributed by atoms with Gasteiger partial charge >= 0.3 is 0 Å². The summed E-state index contributed by atoms with van der Waals surface area (Å²) in [7, 11) is 0. The second-order valence-electron chi connectivity index (χ2n) is 5.21. The topological polar surface area (TPSA) is 20.2 Å². The quantitative estimate of drug-likeness (QED) is 0.523. The highest BCUT2D eigenvalue weighted by Crippen LogP contribution is 2.45. The summed E-state index contributed by atoms with van der Waals surface area (Å²) in [5, 5.41) is 8.99. The van der Waals surface area contributed by atoms with Crippen LogP contribution in [0.25, 0.3) is 0 Å². The lowest BCUT2D eigenvalue weighted by atomic mass is 10.1. The third kappa shape index (κ3) is 7.23. The minimum atomic E-state index is -0.379. The Morgan fingerprint density at radius 3 is 2.76 bits per heavy atom. The van der Waals surface area contributed by atoms with Gasteiger partial charge in [-0.1, -0.05) is 44.4 Å². The Bertz CT molecular complexity index is 280. The van der Waals surface area contributed by atoms with Gasteiger partial charge in [0.05, 0.1) is 6.10 Å². The van der Waals surface area contributed by atoms with Crippen molar-refractivity contribution in [1.82, 2.24) is 0 Å². The maximum Gasteiger partial charge on any atom is 0.0701 e. The van der Waals surface area contributed by atoms with Crippen LogP contribution in [0, 0.1) is 23.7 Å². The van der Waals surface area contributed by atoms with E-state index < -0.39 is 0 Å². The molecule has 0 radical (unpaired) electrons. The van der Waals surface area contributed by atoms with E-state index in [0.717, 1.165) is 18.3 Å². The molecule has 0 aromatic rings. The molecule has 0 aromatic carbocycles. The van der Waals surface area contributed by atoms with E-state index in [2.05, 4.69) is 18.8 Å². The summed E-state index contributed by atoms with van der Waals surface area (Å²) in [4.78, 5) is 0. The Morgan fingerprint density at radius 2 is 2.06 bits per heavy atom. The van der Waals surface area contributed by atoms with Crippen LogP contribution in [-0.4, -0.2) is 11.2 Å². The average molecular weight is 234 g/mol. The molecule has 0 aromatic heterocycles. The van der Waals surface area contributed by atoms with Crippen molar-refractivity contribution in [2.24, 2.45) is 11.8 Å². The zero-order valence-electron chi connectivity index (χ0n) is 11.3. The lowest BCUT2D eigenvalue weighted by Crippen LogP contribution is -1.90. The van der Waals surface area contributed by atoms with Gasteiger partial charge in [0.15, 0.2) is 0 Å². The Hall–Kier alpha value is -0.740. The predicted molar refractivity (Wildman–Crippen MR) is 73.6 cm³/mol. The molecule has 0 spiro atoms. The summed E-state index contributed by atoms with van der Waals surface area (Å²) < 4.78 is 0. The summed E-state index contributed by atoms with van der Waals surface area (Å²) in [5.41, 5.74) is 0. The van der Waals surface area contributed by atoms with E-state index in [4.69, 9.17) is 5.11 Å². The first kappa shape index (κ1) is 14.3. The monoisotopic (exact) mass is 234 g/mol. The minimum absolute atomic E-state index is 0.379. The molecule has 0 amide bonds. The molecule has 1 aliphatic rings. The molecule has 1 rings (SSSR count). The molecule has 96 valence electrons. The van der Waals surface area contributed by atoms with Gasteiger partial charge in [0.1, 0.15) is 0 Å². The molecule has 1 fully saturated rings. The van der Waals surface area contributed by atoms with Crippen molar-refractivity contribution >= 4 is 0 Å². The van der Waals surface area contributed by atoms with Gasteiger partial charge in [-0.3, -0.25) is 0 Å². The largest absolute Gasteiger partial charge is 0.389 e. The van der Waals surface area contributed by atoms with Gasteiger partial charge in [-0.05, 0) is 43.8 Å². The van der Waals surface area contributed by atoms with Crippen molar-refractivity contribution in [3.05, 3.63) is 12.2 Å². The van der Waals surface area contributed by atoms with Gasteiger partial charge < -0.3 is 5.11 Å². The van der Waals surface area contributed by atoms with Crippen LogP contribution in [0.4, 0.5) is 0 Å². The van der Waals surface area contributed by atoms with Gasteiger partial charge in [-0.25, -0.2) is 0 Å². The van der Waals surface area contributed by atoms with Crippen LogP contribution in [0.15, 0.2) is 12.2 Å². The van der Waals surface area contributed by atoms with E-state index in [0.29, 0.717) is 0 Å². The Balaban J connectivity index is 1.98. The molecular formula is C16H26O. The van der Waals surface area contributed by atoms with Crippen molar-refractivity contribution in [2.75, 3.05) is 0 Å². The molecule has 1 nitrogen and oxygen atoms in total. The molecule has 3 atom stereocenters.